The summed E-state index contributed by atoms with van der Waals surface area (Å²) in [5, 5.41) is 8.17. The normalized spacial score (nSPS) is 10.1. The number of hydrogen-bond donors (Lipinski definition) is 1. The van der Waals surface area contributed by atoms with E-state index in [9.17, 15) is 18.0 Å². The topological polar surface area (TPSA) is 69.5 Å². The Kier molecular flexibility index (Phi) is 3.31. The standard InChI is InChI=1S/C9H4F3N3O/c10-9(11,12)7-6(3-1-2-4-13)8(16)15-5-14-7/h5H,2H2,(H,14,15,16). The lowest BCUT2D eigenvalue weighted by atomic mass is 10.2. The van der Waals surface area contributed by atoms with Gasteiger partial charge in [0.1, 0.15) is 5.56 Å². The molecule has 1 heterocycles. The number of aromatic nitrogens is 2. The van der Waals surface area contributed by atoms with Gasteiger partial charge in [-0.05, 0) is 0 Å². The summed E-state index contributed by atoms with van der Waals surface area (Å²) < 4.78 is 37.2. The van der Waals surface area contributed by atoms with Gasteiger partial charge < -0.3 is 4.98 Å². The summed E-state index contributed by atoms with van der Waals surface area (Å²) >= 11 is 0. The molecule has 7 heteroatoms. The molecule has 0 bridgehead atoms. The highest BCUT2D eigenvalue weighted by Gasteiger charge is 2.36. The van der Waals surface area contributed by atoms with Gasteiger partial charge in [0, 0.05) is 0 Å². The van der Waals surface area contributed by atoms with E-state index in [1.807, 2.05) is 10.9 Å². The molecule has 0 saturated carbocycles. The Morgan fingerprint density at radius 1 is 1.50 bits per heavy atom. The molecule has 0 unspecified atom stereocenters. The second-order valence-electron chi connectivity index (χ2n) is 2.59. The van der Waals surface area contributed by atoms with Crippen LogP contribution in [-0.2, 0) is 6.18 Å². The Balaban J connectivity index is 3.34. The van der Waals surface area contributed by atoms with Crippen molar-refractivity contribution in [3.63, 3.8) is 0 Å². The minimum Gasteiger partial charge on any atom is -0.312 e. The predicted octanol–water partition coefficient (Wildman–Crippen LogP) is 1.05. The molecule has 1 aromatic rings. The average molecular weight is 227 g/mol. The third-order valence-electron chi connectivity index (χ3n) is 1.50. The summed E-state index contributed by atoms with van der Waals surface area (Å²) in [5.74, 6) is 4.12. The molecule has 0 fully saturated rings. The molecule has 1 rings (SSSR count). The summed E-state index contributed by atoms with van der Waals surface area (Å²) in [7, 11) is 0. The van der Waals surface area contributed by atoms with Crippen LogP contribution in [0.4, 0.5) is 13.2 Å². The number of hydrogen-bond acceptors (Lipinski definition) is 3. The molecular formula is C9H4F3N3O. The van der Waals surface area contributed by atoms with Crippen LogP contribution in [0.2, 0.25) is 0 Å². The van der Waals surface area contributed by atoms with Crippen LogP contribution in [0.5, 0.6) is 0 Å². The lowest BCUT2D eigenvalue weighted by molar-refractivity contribution is -0.141. The van der Waals surface area contributed by atoms with Crippen LogP contribution in [0.25, 0.3) is 0 Å². The summed E-state index contributed by atoms with van der Waals surface area (Å²) in [5.41, 5.74) is -3.10. The van der Waals surface area contributed by atoms with Crippen molar-refractivity contribution in [1.29, 1.82) is 5.26 Å². The number of nitrogens with zero attached hydrogens (tertiary/aromatic N) is 2. The fraction of sp³-hybridized carbons (Fsp3) is 0.222. The van der Waals surface area contributed by atoms with E-state index in [0.29, 0.717) is 6.33 Å². The van der Waals surface area contributed by atoms with Crippen molar-refractivity contribution in [3.8, 4) is 17.9 Å². The molecule has 0 spiro atoms. The largest absolute Gasteiger partial charge is 0.434 e. The molecule has 0 atom stereocenters. The van der Waals surface area contributed by atoms with Crippen LogP contribution in [0.15, 0.2) is 11.1 Å². The summed E-state index contributed by atoms with van der Waals surface area (Å²) in [4.78, 5) is 16.1. The van der Waals surface area contributed by atoms with Gasteiger partial charge in [-0.3, -0.25) is 4.79 Å². The zero-order valence-corrected chi connectivity index (χ0v) is 7.72. The molecule has 0 saturated heterocycles. The van der Waals surface area contributed by atoms with Crippen LogP contribution in [0, 0.1) is 23.2 Å². The first-order valence-electron chi connectivity index (χ1n) is 3.97. The SMILES string of the molecule is N#CCC#Cc1c(C(F)(F)F)nc[nH]c1=O. The Hall–Kier alpha value is -2.28. The van der Waals surface area contributed by atoms with Crippen molar-refractivity contribution >= 4 is 0 Å². The Labute approximate surface area is 87.7 Å². The third kappa shape index (κ3) is 2.61. The third-order valence-corrected chi connectivity index (χ3v) is 1.50. The van der Waals surface area contributed by atoms with E-state index < -0.39 is 23.0 Å². The van der Waals surface area contributed by atoms with Crippen LogP contribution < -0.4 is 5.56 Å². The van der Waals surface area contributed by atoms with Gasteiger partial charge in [-0.25, -0.2) is 4.98 Å². The van der Waals surface area contributed by atoms with Crippen LogP contribution >= 0.6 is 0 Å². The fourth-order valence-corrected chi connectivity index (χ4v) is 0.903. The van der Waals surface area contributed by atoms with Crippen molar-refractivity contribution < 1.29 is 13.2 Å². The zero-order chi connectivity index (χ0) is 12.2. The fourth-order valence-electron chi connectivity index (χ4n) is 0.903. The van der Waals surface area contributed by atoms with E-state index in [2.05, 4.69) is 10.9 Å². The predicted molar refractivity (Wildman–Crippen MR) is 47.0 cm³/mol. The Morgan fingerprint density at radius 3 is 2.75 bits per heavy atom. The van der Waals surface area contributed by atoms with Crippen LogP contribution in [0.1, 0.15) is 17.7 Å². The minimum atomic E-state index is -4.75. The van der Waals surface area contributed by atoms with Gasteiger partial charge in [-0.15, -0.1) is 0 Å². The molecule has 0 aliphatic rings. The number of H-pyrrole nitrogens is 1. The number of halogens is 3. The molecule has 82 valence electrons. The maximum Gasteiger partial charge on any atom is 0.434 e. The van der Waals surface area contributed by atoms with Crippen LogP contribution in [-0.4, -0.2) is 9.97 Å². The van der Waals surface area contributed by atoms with Gasteiger partial charge in [-0.1, -0.05) is 11.8 Å². The van der Waals surface area contributed by atoms with Gasteiger partial charge >= 0.3 is 6.18 Å². The van der Waals surface area contributed by atoms with E-state index >= 15 is 0 Å². The van der Waals surface area contributed by atoms with E-state index in [-0.39, 0.29) is 6.42 Å². The Bertz CT molecular complexity index is 542. The molecule has 0 radical (unpaired) electrons. The van der Waals surface area contributed by atoms with Gasteiger partial charge in [-0.2, -0.15) is 18.4 Å². The molecule has 0 aromatic carbocycles. The van der Waals surface area contributed by atoms with E-state index in [0.717, 1.165) is 0 Å². The van der Waals surface area contributed by atoms with Gasteiger partial charge in [0.15, 0.2) is 5.69 Å². The molecule has 4 nitrogen and oxygen atoms in total. The molecule has 16 heavy (non-hydrogen) atoms. The van der Waals surface area contributed by atoms with Crippen molar-refractivity contribution in [1.82, 2.24) is 9.97 Å². The number of nitrogens with one attached hydrogen (secondary N) is 1. The van der Waals surface area contributed by atoms with E-state index in [1.165, 1.54) is 0 Å². The maximum absolute atomic E-state index is 12.4. The number of nitriles is 1. The molecule has 0 aliphatic carbocycles. The molecule has 1 N–H and O–H groups in total. The highest BCUT2D eigenvalue weighted by atomic mass is 19.4. The number of alkyl halides is 3. The van der Waals surface area contributed by atoms with Gasteiger partial charge in [0.25, 0.3) is 5.56 Å². The molecule has 0 amide bonds. The maximum atomic E-state index is 12.4. The lowest BCUT2D eigenvalue weighted by Gasteiger charge is -2.05. The van der Waals surface area contributed by atoms with Crippen LogP contribution in [0.3, 0.4) is 0 Å². The smallest absolute Gasteiger partial charge is 0.312 e. The minimum absolute atomic E-state index is 0.258. The summed E-state index contributed by atoms with van der Waals surface area (Å²) in [6.07, 6.45) is -4.35. The molecular weight excluding hydrogens is 223 g/mol. The lowest BCUT2D eigenvalue weighted by Crippen LogP contribution is -2.20. The van der Waals surface area contributed by atoms with Gasteiger partial charge in [0.2, 0.25) is 0 Å². The summed E-state index contributed by atoms with van der Waals surface area (Å²) in [6.45, 7) is 0. The zero-order valence-electron chi connectivity index (χ0n) is 7.72. The first-order valence-corrected chi connectivity index (χ1v) is 3.97. The first kappa shape index (κ1) is 11.8. The van der Waals surface area contributed by atoms with E-state index in [4.69, 9.17) is 5.26 Å². The van der Waals surface area contributed by atoms with E-state index in [1.54, 1.807) is 6.07 Å². The van der Waals surface area contributed by atoms with Crippen molar-refractivity contribution in [2.75, 3.05) is 0 Å². The highest BCUT2D eigenvalue weighted by Crippen LogP contribution is 2.28. The van der Waals surface area contributed by atoms with Crippen molar-refractivity contribution in [2.45, 2.75) is 12.6 Å². The summed E-state index contributed by atoms with van der Waals surface area (Å²) in [6, 6.07) is 1.63. The Morgan fingerprint density at radius 2 is 2.19 bits per heavy atom. The highest BCUT2D eigenvalue weighted by molar-refractivity contribution is 5.37. The van der Waals surface area contributed by atoms with Crippen molar-refractivity contribution in [2.24, 2.45) is 0 Å². The second kappa shape index (κ2) is 4.49. The average Bonchev–Trinajstić information content (AvgIpc) is 2.19. The number of aromatic amines is 1. The first-order chi connectivity index (χ1) is 7.46. The second-order valence-corrected chi connectivity index (χ2v) is 2.59. The quantitative estimate of drug-likeness (QED) is 0.673. The monoisotopic (exact) mass is 227 g/mol. The number of rotatable bonds is 0. The molecule has 0 aliphatic heterocycles. The molecule has 1 aromatic heterocycles. The van der Waals surface area contributed by atoms with Gasteiger partial charge in [0.05, 0.1) is 18.8 Å². The van der Waals surface area contributed by atoms with Crippen molar-refractivity contribution in [3.05, 3.63) is 27.9 Å².